The Bertz CT molecular complexity index is 448. The highest BCUT2D eigenvalue weighted by Gasteiger charge is 2.33. The largest absolute Gasteiger partial charge is 0.435 e. The number of hydrogen-bond donors (Lipinski definition) is 1. The lowest BCUT2D eigenvalue weighted by atomic mass is 9.76. The van der Waals surface area contributed by atoms with Gasteiger partial charge in [0.1, 0.15) is 5.75 Å². The molecule has 124 valence electrons. The van der Waals surface area contributed by atoms with E-state index in [1.54, 1.807) is 12.1 Å². The normalized spacial score (nSPS) is 21.0. The van der Waals surface area contributed by atoms with Gasteiger partial charge in [-0.2, -0.15) is 8.78 Å². The maximum absolute atomic E-state index is 12.2. The highest BCUT2D eigenvalue weighted by Crippen LogP contribution is 2.41. The Morgan fingerprint density at radius 1 is 1.09 bits per heavy atom. The fourth-order valence-electron chi connectivity index (χ4n) is 3.34. The maximum atomic E-state index is 12.2. The van der Waals surface area contributed by atoms with E-state index in [4.69, 9.17) is 0 Å². The van der Waals surface area contributed by atoms with Gasteiger partial charge in [0.15, 0.2) is 0 Å². The summed E-state index contributed by atoms with van der Waals surface area (Å²) in [6, 6.07) is 7.64. The zero-order valence-corrected chi connectivity index (χ0v) is 13.3. The van der Waals surface area contributed by atoms with Crippen molar-refractivity contribution in [2.45, 2.75) is 31.9 Å². The number of rotatable bonds is 5. The summed E-state index contributed by atoms with van der Waals surface area (Å²) >= 11 is 0. The van der Waals surface area contributed by atoms with Gasteiger partial charge in [-0.15, -0.1) is 12.4 Å². The third-order valence-electron chi connectivity index (χ3n) is 4.59. The molecule has 1 heterocycles. The Morgan fingerprint density at radius 2 is 1.73 bits per heavy atom. The summed E-state index contributed by atoms with van der Waals surface area (Å²) in [5.41, 5.74) is 1.23. The maximum Gasteiger partial charge on any atom is 0.387 e. The first-order valence-corrected chi connectivity index (χ1v) is 7.73. The molecule has 0 radical (unpaired) electrons. The van der Waals surface area contributed by atoms with Crippen molar-refractivity contribution in [3.8, 4) is 5.75 Å². The van der Waals surface area contributed by atoms with E-state index in [0.29, 0.717) is 12.0 Å². The number of benzene rings is 1. The van der Waals surface area contributed by atoms with Crippen molar-refractivity contribution in [3.05, 3.63) is 29.8 Å². The zero-order chi connectivity index (χ0) is 14.7. The highest BCUT2D eigenvalue weighted by atomic mass is 35.5. The van der Waals surface area contributed by atoms with Crippen molar-refractivity contribution >= 4 is 12.4 Å². The van der Waals surface area contributed by atoms with E-state index < -0.39 is 6.61 Å². The summed E-state index contributed by atoms with van der Waals surface area (Å²) in [5, 5.41) is 3.38. The molecule has 1 atom stereocenters. The Hall–Kier alpha value is -0.910. The number of nitrogens with one attached hydrogen (secondary N) is 1. The quantitative estimate of drug-likeness (QED) is 0.893. The molecule has 2 fully saturated rings. The van der Waals surface area contributed by atoms with Crippen LogP contribution in [0.3, 0.4) is 0 Å². The molecule has 22 heavy (non-hydrogen) atoms. The zero-order valence-electron chi connectivity index (χ0n) is 12.5. The van der Waals surface area contributed by atoms with E-state index in [1.165, 1.54) is 24.8 Å². The molecule has 1 saturated carbocycles. The van der Waals surface area contributed by atoms with E-state index in [9.17, 15) is 8.78 Å². The van der Waals surface area contributed by atoms with Gasteiger partial charge >= 0.3 is 6.61 Å². The average Bonchev–Trinajstić information content (AvgIpc) is 2.44. The van der Waals surface area contributed by atoms with Crippen molar-refractivity contribution in [2.24, 2.45) is 5.92 Å². The van der Waals surface area contributed by atoms with E-state index in [0.717, 1.165) is 26.2 Å². The third-order valence-corrected chi connectivity index (χ3v) is 4.59. The van der Waals surface area contributed by atoms with Crippen LogP contribution in [0.5, 0.6) is 5.75 Å². The smallest absolute Gasteiger partial charge is 0.387 e. The van der Waals surface area contributed by atoms with Crippen LogP contribution in [0.4, 0.5) is 8.78 Å². The van der Waals surface area contributed by atoms with Gasteiger partial charge in [-0.3, -0.25) is 4.90 Å². The molecule has 1 aromatic rings. The Kier molecular flexibility index (Phi) is 6.41. The molecular formula is C16H23ClF2N2O. The van der Waals surface area contributed by atoms with Crippen LogP contribution in [0.15, 0.2) is 24.3 Å². The van der Waals surface area contributed by atoms with E-state index in [1.807, 2.05) is 12.1 Å². The SMILES string of the molecule is Cl.FC(F)Oc1ccc([C@H](C2CCC2)N2CCNCC2)cc1. The van der Waals surface area contributed by atoms with Crippen LogP contribution in [-0.2, 0) is 0 Å². The molecule has 0 unspecified atom stereocenters. The molecule has 3 rings (SSSR count). The summed E-state index contributed by atoms with van der Waals surface area (Å²) in [4.78, 5) is 2.53. The molecule has 0 aromatic heterocycles. The number of hydrogen-bond acceptors (Lipinski definition) is 3. The fourth-order valence-corrected chi connectivity index (χ4v) is 3.34. The molecule has 3 nitrogen and oxygen atoms in total. The second-order valence-electron chi connectivity index (χ2n) is 5.87. The fraction of sp³-hybridized carbons (Fsp3) is 0.625. The van der Waals surface area contributed by atoms with E-state index >= 15 is 0 Å². The molecule has 1 aromatic carbocycles. The van der Waals surface area contributed by atoms with Gasteiger partial charge in [0.2, 0.25) is 0 Å². The first-order chi connectivity index (χ1) is 10.2. The number of alkyl halides is 2. The summed E-state index contributed by atoms with van der Waals surface area (Å²) < 4.78 is 28.9. The van der Waals surface area contributed by atoms with Crippen molar-refractivity contribution in [3.63, 3.8) is 0 Å². The minimum atomic E-state index is -2.76. The molecule has 0 spiro atoms. The van der Waals surface area contributed by atoms with Gasteiger partial charge in [-0.1, -0.05) is 18.6 Å². The lowest BCUT2D eigenvalue weighted by molar-refractivity contribution is -0.0498. The third kappa shape index (κ3) is 4.09. The highest BCUT2D eigenvalue weighted by molar-refractivity contribution is 5.85. The van der Waals surface area contributed by atoms with E-state index in [-0.39, 0.29) is 18.2 Å². The average molecular weight is 333 g/mol. The second-order valence-corrected chi connectivity index (χ2v) is 5.87. The molecule has 6 heteroatoms. The predicted molar refractivity (Wildman–Crippen MR) is 84.8 cm³/mol. The number of halogens is 3. The molecule has 1 saturated heterocycles. The first kappa shape index (κ1) is 17.4. The Morgan fingerprint density at radius 3 is 2.23 bits per heavy atom. The molecule has 0 bridgehead atoms. The van der Waals surface area contributed by atoms with Crippen LogP contribution >= 0.6 is 12.4 Å². The van der Waals surface area contributed by atoms with Crippen molar-refractivity contribution in [1.29, 1.82) is 0 Å². The molecule has 1 aliphatic carbocycles. The van der Waals surface area contributed by atoms with Crippen LogP contribution in [-0.4, -0.2) is 37.7 Å². The van der Waals surface area contributed by atoms with Gasteiger partial charge in [0.25, 0.3) is 0 Å². The molecule has 1 N–H and O–H groups in total. The van der Waals surface area contributed by atoms with Gasteiger partial charge in [0.05, 0.1) is 0 Å². The summed E-state index contributed by atoms with van der Waals surface area (Å²) in [5.74, 6) is 0.936. The van der Waals surface area contributed by atoms with Crippen molar-refractivity contribution in [1.82, 2.24) is 10.2 Å². The lowest BCUT2D eigenvalue weighted by Gasteiger charge is -2.43. The minimum absolute atomic E-state index is 0. The minimum Gasteiger partial charge on any atom is -0.435 e. The summed E-state index contributed by atoms with van der Waals surface area (Å²) in [7, 11) is 0. The Balaban J connectivity index is 0.00000176. The summed E-state index contributed by atoms with van der Waals surface area (Å²) in [6.07, 6.45) is 3.84. The van der Waals surface area contributed by atoms with Gasteiger partial charge in [-0.05, 0) is 36.5 Å². The Labute approximate surface area is 136 Å². The van der Waals surface area contributed by atoms with Crippen LogP contribution in [0.2, 0.25) is 0 Å². The first-order valence-electron chi connectivity index (χ1n) is 7.73. The number of piperazine rings is 1. The monoisotopic (exact) mass is 332 g/mol. The van der Waals surface area contributed by atoms with Crippen molar-refractivity contribution < 1.29 is 13.5 Å². The molecular weight excluding hydrogens is 310 g/mol. The van der Waals surface area contributed by atoms with Gasteiger partial charge in [-0.25, -0.2) is 0 Å². The molecule has 0 amide bonds. The molecule has 2 aliphatic rings. The van der Waals surface area contributed by atoms with Gasteiger partial charge < -0.3 is 10.1 Å². The van der Waals surface area contributed by atoms with Gasteiger partial charge in [0, 0.05) is 32.2 Å². The van der Waals surface area contributed by atoms with Crippen molar-refractivity contribution in [2.75, 3.05) is 26.2 Å². The van der Waals surface area contributed by atoms with E-state index in [2.05, 4.69) is 15.0 Å². The lowest BCUT2D eigenvalue weighted by Crippen LogP contribution is -2.47. The number of ether oxygens (including phenoxy) is 1. The molecule has 1 aliphatic heterocycles. The van der Waals surface area contributed by atoms with Crippen LogP contribution in [0.1, 0.15) is 30.9 Å². The summed E-state index contributed by atoms with van der Waals surface area (Å²) in [6.45, 7) is 1.39. The van der Waals surface area contributed by atoms with Crippen LogP contribution in [0.25, 0.3) is 0 Å². The number of nitrogens with zero attached hydrogens (tertiary/aromatic N) is 1. The standard InChI is InChI=1S/C16H22F2N2O.ClH/c17-16(18)21-14-6-4-13(5-7-14)15(12-2-1-3-12)20-10-8-19-9-11-20;/h4-7,12,15-16,19H,1-3,8-11H2;1H/t15-;/m0./s1. The van der Waals surface area contributed by atoms with Crippen LogP contribution < -0.4 is 10.1 Å². The predicted octanol–water partition coefficient (Wildman–Crippen LogP) is 3.46. The second kappa shape index (κ2) is 8.09. The topological polar surface area (TPSA) is 24.5 Å². The van der Waals surface area contributed by atoms with Crippen LogP contribution in [0, 0.1) is 5.92 Å².